The van der Waals surface area contributed by atoms with Gasteiger partial charge in [-0.3, -0.25) is 9.59 Å². The molecule has 0 aliphatic carbocycles. The fourth-order valence-electron chi connectivity index (χ4n) is 2.35. The highest BCUT2D eigenvalue weighted by atomic mass is 16.2. The van der Waals surface area contributed by atoms with Crippen molar-refractivity contribution in [2.75, 3.05) is 5.32 Å². The smallest absolute Gasteiger partial charge is 0.251 e. The van der Waals surface area contributed by atoms with Crippen molar-refractivity contribution in [3.63, 3.8) is 0 Å². The fraction of sp³-hybridized carbons (Fsp3) is 0.263. The largest absolute Gasteiger partial charge is 0.350 e. The second kappa shape index (κ2) is 8.13. The van der Waals surface area contributed by atoms with E-state index in [4.69, 9.17) is 0 Å². The Morgan fingerprint density at radius 2 is 1.78 bits per heavy atom. The monoisotopic (exact) mass is 310 g/mol. The maximum Gasteiger partial charge on any atom is 0.251 e. The summed E-state index contributed by atoms with van der Waals surface area (Å²) in [5, 5.41) is 5.68. The van der Waals surface area contributed by atoms with Crippen molar-refractivity contribution >= 4 is 17.5 Å². The van der Waals surface area contributed by atoms with E-state index in [0.29, 0.717) is 11.3 Å². The minimum atomic E-state index is -0.154. The van der Waals surface area contributed by atoms with Gasteiger partial charge in [-0.15, -0.1) is 0 Å². The number of hydrogen-bond donors (Lipinski definition) is 2. The molecule has 2 amide bonds. The first-order valence-corrected chi connectivity index (χ1v) is 7.77. The Kier molecular flexibility index (Phi) is 5.92. The van der Waals surface area contributed by atoms with Gasteiger partial charge in [0.25, 0.3) is 5.91 Å². The van der Waals surface area contributed by atoms with Gasteiger partial charge >= 0.3 is 0 Å². The van der Waals surface area contributed by atoms with Crippen molar-refractivity contribution in [1.82, 2.24) is 5.32 Å². The summed E-state index contributed by atoms with van der Waals surface area (Å²) >= 11 is 0. The Labute approximate surface area is 136 Å². The van der Waals surface area contributed by atoms with Gasteiger partial charge in [-0.25, -0.2) is 0 Å². The molecule has 0 saturated carbocycles. The van der Waals surface area contributed by atoms with Gasteiger partial charge in [0, 0.05) is 24.2 Å². The van der Waals surface area contributed by atoms with Crippen molar-refractivity contribution in [1.29, 1.82) is 0 Å². The van der Waals surface area contributed by atoms with E-state index in [1.54, 1.807) is 24.3 Å². The quantitative estimate of drug-likeness (QED) is 0.859. The molecule has 0 fully saturated rings. The molecule has 4 heteroatoms. The van der Waals surface area contributed by atoms with Gasteiger partial charge in [0.05, 0.1) is 0 Å². The number of nitrogens with one attached hydrogen (secondary N) is 2. The average Bonchev–Trinajstić information content (AvgIpc) is 2.53. The van der Waals surface area contributed by atoms with Crippen LogP contribution in [0.25, 0.3) is 0 Å². The van der Waals surface area contributed by atoms with E-state index in [9.17, 15) is 9.59 Å². The molecule has 120 valence electrons. The van der Waals surface area contributed by atoms with Gasteiger partial charge in [-0.05, 0) is 43.5 Å². The molecule has 0 bridgehead atoms. The predicted molar refractivity (Wildman–Crippen MR) is 92.4 cm³/mol. The van der Waals surface area contributed by atoms with E-state index in [-0.39, 0.29) is 17.9 Å². The zero-order valence-corrected chi connectivity index (χ0v) is 13.5. The first-order valence-electron chi connectivity index (χ1n) is 7.77. The molecule has 2 rings (SSSR count). The highest BCUT2D eigenvalue weighted by molar-refractivity contribution is 5.96. The van der Waals surface area contributed by atoms with Crippen molar-refractivity contribution in [3.8, 4) is 0 Å². The topological polar surface area (TPSA) is 58.2 Å². The molecule has 0 saturated heterocycles. The molecule has 2 aromatic rings. The van der Waals surface area contributed by atoms with Crippen LogP contribution in [0.3, 0.4) is 0 Å². The second-order valence-corrected chi connectivity index (χ2v) is 5.66. The molecule has 0 radical (unpaired) electrons. The summed E-state index contributed by atoms with van der Waals surface area (Å²) in [6.45, 7) is 3.44. The van der Waals surface area contributed by atoms with Crippen LogP contribution in [0.5, 0.6) is 0 Å². The molecule has 0 aliphatic rings. The van der Waals surface area contributed by atoms with Crippen LogP contribution in [-0.2, 0) is 11.2 Å². The molecule has 0 aliphatic heterocycles. The lowest BCUT2D eigenvalue weighted by Crippen LogP contribution is -2.32. The van der Waals surface area contributed by atoms with E-state index in [1.165, 1.54) is 12.5 Å². The molecule has 0 aromatic heterocycles. The Morgan fingerprint density at radius 1 is 1.04 bits per heavy atom. The van der Waals surface area contributed by atoms with Gasteiger partial charge in [0.2, 0.25) is 5.91 Å². The van der Waals surface area contributed by atoms with E-state index >= 15 is 0 Å². The highest BCUT2D eigenvalue weighted by Gasteiger charge is 2.10. The third-order valence-electron chi connectivity index (χ3n) is 3.53. The zero-order chi connectivity index (χ0) is 16.7. The second-order valence-electron chi connectivity index (χ2n) is 5.66. The highest BCUT2D eigenvalue weighted by Crippen LogP contribution is 2.11. The lowest BCUT2D eigenvalue weighted by atomic mass is 10.1. The molecule has 0 spiro atoms. The molecule has 2 aromatic carbocycles. The van der Waals surface area contributed by atoms with Crippen molar-refractivity contribution in [3.05, 3.63) is 65.7 Å². The zero-order valence-electron chi connectivity index (χ0n) is 13.5. The number of anilines is 1. The summed E-state index contributed by atoms with van der Waals surface area (Å²) in [4.78, 5) is 23.4. The maximum absolute atomic E-state index is 12.3. The molecule has 23 heavy (non-hydrogen) atoms. The lowest BCUT2D eigenvalue weighted by molar-refractivity contribution is -0.114. The molecule has 0 heterocycles. The van der Waals surface area contributed by atoms with Crippen molar-refractivity contribution in [2.45, 2.75) is 32.7 Å². The molecule has 0 unspecified atom stereocenters. The molecule has 2 N–H and O–H groups in total. The number of amides is 2. The Morgan fingerprint density at radius 3 is 2.48 bits per heavy atom. The van der Waals surface area contributed by atoms with E-state index in [1.807, 2.05) is 25.1 Å². The maximum atomic E-state index is 12.3. The van der Waals surface area contributed by atoms with Crippen molar-refractivity contribution in [2.24, 2.45) is 0 Å². The van der Waals surface area contributed by atoms with Crippen LogP contribution < -0.4 is 10.6 Å². The van der Waals surface area contributed by atoms with Gasteiger partial charge in [-0.2, -0.15) is 0 Å². The van der Waals surface area contributed by atoms with Gasteiger partial charge in [0.1, 0.15) is 0 Å². The first kappa shape index (κ1) is 16.7. The third kappa shape index (κ3) is 5.58. The number of aryl methyl sites for hydroxylation is 1. The summed E-state index contributed by atoms with van der Waals surface area (Å²) in [5.74, 6) is -0.281. The van der Waals surface area contributed by atoms with Crippen LogP contribution >= 0.6 is 0 Å². The predicted octanol–water partition coefficient (Wildman–Crippen LogP) is 3.40. The third-order valence-corrected chi connectivity index (χ3v) is 3.53. The minimum Gasteiger partial charge on any atom is -0.350 e. The van der Waals surface area contributed by atoms with Crippen LogP contribution in [-0.4, -0.2) is 17.9 Å². The van der Waals surface area contributed by atoms with E-state index in [0.717, 1.165) is 12.8 Å². The summed E-state index contributed by atoms with van der Waals surface area (Å²) in [6, 6.07) is 17.2. The summed E-state index contributed by atoms with van der Waals surface area (Å²) in [6.07, 6.45) is 1.80. The minimum absolute atomic E-state index is 0.0760. The number of rotatable bonds is 6. The van der Waals surface area contributed by atoms with Gasteiger partial charge in [-0.1, -0.05) is 36.4 Å². The molecular formula is C19H22N2O2. The average molecular weight is 310 g/mol. The van der Waals surface area contributed by atoms with Crippen LogP contribution in [0.15, 0.2) is 54.6 Å². The van der Waals surface area contributed by atoms with Crippen LogP contribution in [0.4, 0.5) is 5.69 Å². The molecule has 1 atom stereocenters. The van der Waals surface area contributed by atoms with Crippen LogP contribution in [0.1, 0.15) is 36.2 Å². The number of carbonyl (C=O) groups is 2. The van der Waals surface area contributed by atoms with Gasteiger partial charge < -0.3 is 10.6 Å². The summed E-state index contributed by atoms with van der Waals surface area (Å²) in [7, 11) is 0. The molecular weight excluding hydrogens is 288 g/mol. The van der Waals surface area contributed by atoms with Crippen molar-refractivity contribution < 1.29 is 9.59 Å². The van der Waals surface area contributed by atoms with E-state index in [2.05, 4.69) is 22.8 Å². The van der Waals surface area contributed by atoms with Crippen LogP contribution in [0.2, 0.25) is 0 Å². The van der Waals surface area contributed by atoms with Crippen LogP contribution in [0, 0.1) is 0 Å². The Hall–Kier alpha value is -2.62. The Balaban J connectivity index is 1.89. The lowest BCUT2D eigenvalue weighted by Gasteiger charge is -2.14. The normalized spacial score (nSPS) is 11.6. The molecule has 4 nitrogen and oxygen atoms in total. The fourth-order valence-corrected chi connectivity index (χ4v) is 2.35. The number of hydrogen-bond acceptors (Lipinski definition) is 2. The SMILES string of the molecule is CC(=O)Nc1cccc(C(=O)N[C@H](C)CCc2ccccc2)c1. The first-order chi connectivity index (χ1) is 11.0. The summed E-state index contributed by atoms with van der Waals surface area (Å²) < 4.78 is 0. The van der Waals surface area contributed by atoms with Gasteiger partial charge in [0.15, 0.2) is 0 Å². The van der Waals surface area contributed by atoms with E-state index < -0.39 is 0 Å². The summed E-state index contributed by atoms with van der Waals surface area (Å²) in [5.41, 5.74) is 2.44. The number of carbonyl (C=O) groups excluding carboxylic acids is 2. The number of benzene rings is 2. The Bertz CT molecular complexity index is 668. The standard InChI is InChI=1S/C19H22N2O2/c1-14(11-12-16-7-4-3-5-8-16)20-19(23)17-9-6-10-18(13-17)21-15(2)22/h3-10,13-14H,11-12H2,1-2H3,(H,20,23)(H,21,22)/t14-/m1/s1.